The van der Waals surface area contributed by atoms with Gasteiger partial charge in [-0.2, -0.15) is 0 Å². The molecule has 0 aromatic heterocycles. The Bertz CT molecular complexity index is 441. The molecule has 92 valence electrons. The monoisotopic (exact) mass is 236 g/mol. The van der Waals surface area contributed by atoms with Gasteiger partial charge in [-0.3, -0.25) is 10.1 Å². The zero-order valence-electron chi connectivity index (χ0n) is 9.81. The highest BCUT2D eigenvalue weighted by Crippen LogP contribution is 2.37. The molecule has 1 fully saturated rings. The van der Waals surface area contributed by atoms with Gasteiger partial charge in [-0.25, -0.2) is 0 Å². The molecule has 2 rings (SSSR count). The van der Waals surface area contributed by atoms with E-state index in [1.807, 2.05) is 0 Å². The zero-order chi connectivity index (χ0) is 12.5. The number of benzene rings is 1. The fourth-order valence-corrected chi connectivity index (χ4v) is 1.87. The summed E-state index contributed by atoms with van der Waals surface area (Å²) in [6.45, 7) is 0. The number of aryl methyl sites for hydroxylation is 1. The van der Waals surface area contributed by atoms with E-state index in [4.69, 9.17) is 10.5 Å². The average Bonchev–Trinajstić information content (AvgIpc) is 3.05. The summed E-state index contributed by atoms with van der Waals surface area (Å²) >= 11 is 0. The van der Waals surface area contributed by atoms with Gasteiger partial charge in [-0.15, -0.1) is 0 Å². The number of nitro benzene ring substituents is 1. The maximum Gasteiger partial charge on any atom is 0.269 e. The molecular weight excluding hydrogens is 220 g/mol. The highest BCUT2D eigenvalue weighted by atomic mass is 16.6. The van der Waals surface area contributed by atoms with Crippen LogP contribution in [0.25, 0.3) is 0 Å². The van der Waals surface area contributed by atoms with Gasteiger partial charge in [0.15, 0.2) is 0 Å². The van der Waals surface area contributed by atoms with E-state index in [1.165, 1.54) is 6.07 Å². The maximum absolute atomic E-state index is 10.7. The highest BCUT2D eigenvalue weighted by Gasteiger charge is 2.37. The van der Waals surface area contributed by atoms with Gasteiger partial charge < -0.3 is 10.5 Å². The van der Waals surface area contributed by atoms with Gasteiger partial charge in [0.05, 0.1) is 12.0 Å². The Hall–Kier alpha value is -1.62. The summed E-state index contributed by atoms with van der Waals surface area (Å²) in [6.07, 6.45) is 3.67. The van der Waals surface area contributed by atoms with Crippen molar-refractivity contribution in [2.45, 2.75) is 31.2 Å². The van der Waals surface area contributed by atoms with Crippen molar-refractivity contribution in [3.63, 3.8) is 0 Å². The molecule has 0 spiro atoms. The van der Waals surface area contributed by atoms with Crippen LogP contribution in [-0.4, -0.2) is 17.6 Å². The van der Waals surface area contributed by atoms with Gasteiger partial charge in [0.25, 0.3) is 5.69 Å². The van der Waals surface area contributed by atoms with E-state index in [9.17, 15) is 10.1 Å². The van der Waals surface area contributed by atoms with Crippen LogP contribution in [0.4, 0.5) is 5.69 Å². The minimum Gasteiger partial charge on any atom is -0.496 e. The van der Waals surface area contributed by atoms with Gasteiger partial charge >= 0.3 is 0 Å². The third-order valence-electron chi connectivity index (χ3n) is 3.26. The van der Waals surface area contributed by atoms with E-state index in [0.29, 0.717) is 5.75 Å². The van der Waals surface area contributed by atoms with Crippen molar-refractivity contribution >= 4 is 5.69 Å². The lowest BCUT2D eigenvalue weighted by Crippen LogP contribution is -2.22. The highest BCUT2D eigenvalue weighted by molar-refractivity contribution is 5.44. The lowest BCUT2D eigenvalue weighted by atomic mass is 10.0. The van der Waals surface area contributed by atoms with Crippen LogP contribution >= 0.6 is 0 Å². The quantitative estimate of drug-likeness (QED) is 0.626. The lowest BCUT2D eigenvalue weighted by Gasteiger charge is -2.11. The van der Waals surface area contributed by atoms with Crippen molar-refractivity contribution in [1.29, 1.82) is 0 Å². The van der Waals surface area contributed by atoms with Crippen LogP contribution in [0.3, 0.4) is 0 Å². The predicted octanol–water partition coefficient (Wildman–Crippen LogP) is 2.03. The number of nitrogens with two attached hydrogens (primary N) is 1. The lowest BCUT2D eigenvalue weighted by molar-refractivity contribution is -0.384. The molecule has 0 saturated heterocycles. The number of methoxy groups -OCH3 is 1. The van der Waals surface area contributed by atoms with E-state index in [1.54, 1.807) is 19.2 Å². The molecule has 1 aromatic carbocycles. The summed E-state index contributed by atoms with van der Waals surface area (Å²) in [7, 11) is 1.57. The summed E-state index contributed by atoms with van der Waals surface area (Å²) in [4.78, 5) is 10.3. The minimum atomic E-state index is -0.391. The second-order valence-electron chi connectivity index (χ2n) is 4.62. The normalized spacial score (nSPS) is 16.6. The van der Waals surface area contributed by atoms with Crippen molar-refractivity contribution in [2.24, 2.45) is 5.73 Å². The molecule has 0 unspecified atom stereocenters. The van der Waals surface area contributed by atoms with Crippen LogP contribution in [0.15, 0.2) is 18.2 Å². The number of non-ortho nitro benzene ring substituents is 1. The van der Waals surface area contributed by atoms with Crippen LogP contribution in [-0.2, 0) is 6.42 Å². The number of rotatable bonds is 5. The number of nitro groups is 1. The third kappa shape index (κ3) is 2.74. The molecule has 1 aromatic rings. The molecule has 1 aliphatic rings. The standard InChI is InChI=1S/C12H16N2O3/c1-17-11-3-2-10(14(15)16)8-9(11)4-5-12(13)6-7-12/h2-3,8H,4-7,13H2,1H3. The molecule has 0 aliphatic heterocycles. The van der Waals surface area contributed by atoms with Crippen molar-refractivity contribution < 1.29 is 9.66 Å². The average molecular weight is 236 g/mol. The Labute approximate surface area is 99.7 Å². The first-order valence-electron chi connectivity index (χ1n) is 5.64. The second-order valence-corrected chi connectivity index (χ2v) is 4.62. The van der Waals surface area contributed by atoms with E-state index in [0.717, 1.165) is 31.2 Å². The topological polar surface area (TPSA) is 78.4 Å². The van der Waals surface area contributed by atoms with Crippen LogP contribution < -0.4 is 10.5 Å². The first kappa shape index (κ1) is 11.9. The maximum atomic E-state index is 10.7. The predicted molar refractivity (Wildman–Crippen MR) is 64.1 cm³/mol. The van der Waals surface area contributed by atoms with Crippen molar-refractivity contribution in [2.75, 3.05) is 7.11 Å². The largest absolute Gasteiger partial charge is 0.496 e. The fourth-order valence-electron chi connectivity index (χ4n) is 1.87. The Balaban J connectivity index is 2.16. The smallest absolute Gasteiger partial charge is 0.269 e. The molecular formula is C12H16N2O3. The molecule has 0 atom stereocenters. The second kappa shape index (κ2) is 4.33. The Morgan fingerprint density at radius 3 is 2.76 bits per heavy atom. The molecule has 0 radical (unpaired) electrons. The molecule has 17 heavy (non-hydrogen) atoms. The SMILES string of the molecule is COc1ccc([N+](=O)[O-])cc1CCC1(N)CC1. The van der Waals surface area contributed by atoms with Crippen molar-refractivity contribution in [3.05, 3.63) is 33.9 Å². The summed E-state index contributed by atoms with van der Waals surface area (Å²) in [6, 6.07) is 4.67. The summed E-state index contributed by atoms with van der Waals surface area (Å²) in [5.74, 6) is 0.694. The molecule has 0 heterocycles. The molecule has 1 aliphatic carbocycles. The molecule has 5 nitrogen and oxygen atoms in total. The van der Waals surface area contributed by atoms with Crippen molar-refractivity contribution in [3.8, 4) is 5.75 Å². The van der Waals surface area contributed by atoms with Gasteiger partial charge in [0, 0.05) is 23.2 Å². The van der Waals surface area contributed by atoms with E-state index >= 15 is 0 Å². The number of hydrogen-bond acceptors (Lipinski definition) is 4. The zero-order valence-corrected chi connectivity index (χ0v) is 9.81. The van der Waals surface area contributed by atoms with Crippen LogP contribution in [0, 0.1) is 10.1 Å². The molecule has 2 N–H and O–H groups in total. The summed E-state index contributed by atoms with van der Waals surface area (Å²) in [5, 5.41) is 10.7. The number of hydrogen-bond donors (Lipinski definition) is 1. The molecule has 5 heteroatoms. The third-order valence-corrected chi connectivity index (χ3v) is 3.26. The Kier molecular flexibility index (Phi) is 3.02. The van der Waals surface area contributed by atoms with Gasteiger partial charge in [-0.1, -0.05) is 0 Å². The van der Waals surface area contributed by atoms with Crippen LogP contribution in [0.2, 0.25) is 0 Å². The van der Waals surface area contributed by atoms with Gasteiger partial charge in [0.1, 0.15) is 5.75 Å². The van der Waals surface area contributed by atoms with E-state index in [2.05, 4.69) is 0 Å². The van der Waals surface area contributed by atoms with E-state index in [-0.39, 0.29) is 11.2 Å². The Morgan fingerprint density at radius 2 is 2.24 bits per heavy atom. The summed E-state index contributed by atoms with van der Waals surface area (Å²) < 4.78 is 5.20. The van der Waals surface area contributed by atoms with E-state index < -0.39 is 4.92 Å². The van der Waals surface area contributed by atoms with Crippen molar-refractivity contribution in [1.82, 2.24) is 0 Å². The fraction of sp³-hybridized carbons (Fsp3) is 0.500. The molecule has 0 bridgehead atoms. The number of ether oxygens (including phenoxy) is 1. The van der Waals surface area contributed by atoms with Crippen LogP contribution in [0.5, 0.6) is 5.75 Å². The first-order valence-corrected chi connectivity index (χ1v) is 5.64. The molecule has 1 saturated carbocycles. The van der Waals surface area contributed by atoms with Gasteiger partial charge in [-0.05, 0) is 31.7 Å². The Morgan fingerprint density at radius 1 is 1.53 bits per heavy atom. The van der Waals surface area contributed by atoms with Crippen LogP contribution in [0.1, 0.15) is 24.8 Å². The number of nitrogens with zero attached hydrogens (tertiary/aromatic N) is 1. The first-order chi connectivity index (χ1) is 8.04. The molecule has 0 amide bonds. The summed E-state index contributed by atoms with van der Waals surface area (Å²) in [5.41, 5.74) is 6.92. The van der Waals surface area contributed by atoms with Gasteiger partial charge in [0.2, 0.25) is 0 Å². The minimum absolute atomic E-state index is 0.0460.